The summed E-state index contributed by atoms with van der Waals surface area (Å²) in [5.41, 5.74) is 1.53. The van der Waals surface area contributed by atoms with E-state index in [1.807, 2.05) is 0 Å². The third-order valence-corrected chi connectivity index (χ3v) is 3.46. The fourth-order valence-electron chi connectivity index (χ4n) is 1.97. The molecule has 126 valence electrons. The van der Waals surface area contributed by atoms with Crippen molar-refractivity contribution in [2.24, 2.45) is 10.2 Å². The Morgan fingerprint density at radius 2 is 2.08 bits per heavy atom. The number of azo groups is 1. The molecule has 9 heteroatoms. The number of benzene rings is 1. The standard InChI is InChI=1S/C16H13ClN6O2/c1-25-14-8-10(21-16(24)15-19-6-7-20-15)2-3-13(14)23-22-12-4-5-18-9-11(12)17/h2-9H,1H3,(H,19,20)(H,21,24). The molecule has 8 nitrogen and oxygen atoms in total. The maximum Gasteiger partial charge on any atom is 0.291 e. The molecular weight excluding hydrogens is 344 g/mol. The van der Waals surface area contributed by atoms with Crippen molar-refractivity contribution in [2.45, 2.75) is 0 Å². The minimum Gasteiger partial charge on any atom is -0.494 e. The lowest BCUT2D eigenvalue weighted by Crippen LogP contribution is -2.13. The van der Waals surface area contributed by atoms with Crippen LogP contribution in [0, 0.1) is 0 Å². The number of hydrogen-bond acceptors (Lipinski definition) is 6. The third-order valence-electron chi connectivity index (χ3n) is 3.17. The highest BCUT2D eigenvalue weighted by atomic mass is 35.5. The largest absolute Gasteiger partial charge is 0.494 e. The van der Waals surface area contributed by atoms with Crippen LogP contribution in [0.15, 0.2) is 59.3 Å². The van der Waals surface area contributed by atoms with Crippen molar-refractivity contribution in [1.29, 1.82) is 0 Å². The summed E-state index contributed by atoms with van der Waals surface area (Å²) in [7, 11) is 1.51. The van der Waals surface area contributed by atoms with E-state index in [1.165, 1.54) is 19.5 Å². The van der Waals surface area contributed by atoms with Gasteiger partial charge in [0.25, 0.3) is 5.91 Å². The molecule has 2 aromatic heterocycles. The number of halogens is 1. The van der Waals surface area contributed by atoms with Crippen LogP contribution in [0.1, 0.15) is 10.6 Å². The van der Waals surface area contributed by atoms with Crippen molar-refractivity contribution in [1.82, 2.24) is 15.0 Å². The molecule has 0 aliphatic heterocycles. The van der Waals surface area contributed by atoms with Crippen LogP contribution in [0.3, 0.4) is 0 Å². The Morgan fingerprint density at radius 3 is 2.80 bits per heavy atom. The first-order valence-corrected chi connectivity index (χ1v) is 7.55. The summed E-state index contributed by atoms with van der Waals surface area (Å²) >= 11 is 5.99. The van der Waals surface area contributed by atoms with E-state index < -0.39 is 0 Å². The van der Waals surface area contributed by atoms with Gasteiger partial charge in [-0.15, -0.1) is 10.2 Å². The van der Waals surface area contributed by atoms with Crippen LogP contribution >= 0.6 is 11.6 Å². The van der Waals surface area contributed by atoms with Crippen molar-refractivity contribution in [3.63, 3.8) is 0 Å². The molecule has 0 bridgehead atoms. The maximum absolute atomic E-state index is 12.0. The number of imidazole rings is 1. The first kappa shape index (κ1) is 16.6. The fourth-order valence-corrected chi connectivity index (χ4v) is 2.13. The average Bonchev–Trinajstić information content (AvgIpc) is 3.16. The lowest BCUT2D eigenvalue weighted by molar-refractivity contribution is 0.101. The van der Waals surface area contributed by atoms with Gasteiger partial charge in [-0.3, -0.25) is 9.78 Å². The number of aromatic amines is 1. The molecule has 25 heavy (non-hydrogen) atoms. The summed E-state index contributed by atoms with van der Waals surface area (Å²) in [6.07, 6.45) is 6.14. The molecule has 0 radical (unpaired) electrons. The Balaban J connectivity index is 1.80. The number of anilines is 1. The van der Waals surface area contributed by atoms with E-state index in [1.54, 1.807) is 36.7 Å². The molecule has 0 spiro atoms. The fraction of sp³-hybridized carbons (Fsp3) is 0.0625. The molecule has 0 fully saturated rings. The maximum atomic E-state index is 12.0. The van der Waals surface area contributed by atoms with Crippen LogP contribution in [0.5, 0.6) is 5.75 Å². The molecule has 2 N–H and O–H groups in total. The number of H-pyrrole nitrogens is 1. The van der Waals surface area contributed by atoms with Crippen LogP contribution in [0.2, 0.25) is 5.02 Å². The summed E-state index contributed by atoms with van der Waals surface area (Å²) in [4.78, 5) is 22.5. The molecule has 0 unspecified atom stereocenters. The van der Waals surface area contributed by atoms with E-state index in [-0.39, 0.29) is 11.7 Å². The molecule has 0 atom stereocenters. The van der Waals surface area contributed by atoms with Crippen molar-refractivity contribution in [2.75, 3.05) is 12.4 Å². The quantitative estimate of drug-likeness (QED) is 0.670. The van der Waals surface area contributed by atoms with E-state index in [9.17, 15) is 4.79 Å². The Kier molecular flexibility index (Phi) is 5.00. The van der Waals surface area contributed by atoms with E-state index in [2.05, 4.69) is 30.5 Å². The van der Waals surface area contributed by atoms with Crippen LogP contribution in [-0.4, -0.2) is 28.0 Å². The summed E-state index contributed by atoms with van der Waals surface area (Å²) in [6.45, 7) is 0. The van der Waals surface area contributed by atoms with Gasteiger partial charge in [0.2, 0.25) is 0 Å². The van der Waals surface area contributed by atoms with Gasteiger partial charge >= 0.3 is 0 Å². The summed E-state index contributed by atoms with van der Waals surface area (Å²) in [5, 5.41) is 11.3. The molecule has 0 aliphatic carbocycles. The minimum absolute atomic E-state index is 0.218. The Morgan fingerprint density at radius 1 is 1.24 bits per heavy atom. The number of nitrogens with one attached hydrogen (secondary N) is 2. The molecule has 1 aromatic carbocycles. The number of amides is 1. The monoisotopic (exact) mass is 356 g/mol. The van der Waals surface area contributed by atoms with Gasteiger partial charge in [-0.1, -0.05) is 11.6 Å². The highest BCUT2D eigenvalue weighted by molar-refractivity contribution is 6.32. The number of carbonyl (C=O) groups is 1. The van der Waals surface area contributed by atoms with Crippen molar-refractivity contribution in [3.8, 4) is 5.75 Å². The van der Waals surface area contributed by atoms with E-state index >= 15 is 0 Å². The zero-order valence-electron chi connectivity index (χ0n) is 13.1. The molecule has 0 aliphatic rings. The van der Waals surface area contributed by atoms with Gasteiger partial charge in [0.1, 0.15) is 17.1 Å². The van der Waals surface area contributed by atoms with E-state index in [0.717, 1.165) is 0 Å². The number of methoxy groups -OCH3 is 1. The normalized spacial score (nSPS) is 10.8. The zero-order valence-corrected chi connectivity index (χ0v) is 13.9. The molecular formula is C16H13ClN6O2. The lowest BCUT2D eigenvalue weighted by Gasteiger charge is -2.08. The second-order valence-electron chi connectivity index (χ2n) is 4.81. The van der Waals surface area contributed by atoms with Crippen molar-refractivity contribution >= 4 is 34.6 Å². The number of hydrogen-bond donors (Lipinski definition) is 2. The molecule has 0 saturated heterocycles. The summed E-state index contributed by atoms with van der Waals surface area (Å²) in [6, 6.07) is 6.65. The SMILES string of the molecule is COc1cc(NC(=O)c2ncc[nH]2)ccc1N=Nc1ccncc1Cl. The zero-order chi connectivity index (χ0) is 17.6. The van der Waals surface area contributed by atoms with Crippen LogP contribution in [0.25, 0.3) is 0 Å². The van der Waals surface area contributed by atoms with Crippen molar-refractivity contribution in [3.05, 3.63) is 59.9 Å². The number of ether oxygens (including phenoxy) is 1. The molecule has 0 saturated carbocycles. The molecule has 3 aromatic rings. The first-order chi connectivity index (χ1) is 12.2. The average molecular weight is 357 g/mol. The van der Waals surface area contributed by atoms with Gasteiger partial charge in [0.15, 0.2) is 5.82 Å². The number of aromatic nitrogens is 3. The highest BCUT2D eigenvalue weighted by Crippen LogP contribution is 2.33. The van der Waals surface area contributed by atoms with E-state index in [0.29, 0.717) is 27.8 Å². The van der Waals surface area contributed by atoms with Gasteiger partial charge in [0, 0.05) is 36.5 Å². The first-order valence-electron chi connectivity index (χ1n) is 7.17. The number of rotatable bonds is 5. The minimum atomic E-state index is -0.356. The number of nitrogens with zero attached hydrogens (tertiary/aromatic N) is 4. The van der Waals surface area contributed by atoms with Gasteiger partial charge < -0.3 is 15.0 Å². The Hall–Kier alpha value is -3.26. The lowest BCUT2D eigenvalue weighted by atomic mass is 10.2. The molecule has 1 amide bonds. The van der Waals surface area contributed by atoms with Crippen LogP contribution in [0.4, 0.5) is 17.1 Å². The Labute approximate surface area is 147 Å². The topological polar surface area (TPSA) is 105 Å². The highest BCUT2D eigenvalue weighted by Gasteiger charge is 2.10. The predicted molar refractivity (Wildman–Crippen MR) is 93.0 cm³/mol. The van der Waals surface area contributed by atoms with Crippen molar-refractivity contribution < 1.29 is 9.53 Å². The van der Waals surface area contributed by atoms with Gasteiger partial charge in [-0.05, 0) is 18.2 Å². The smallest absolute Gasteiger partial charge is 0.291 e. The molecule has 3 rings (SSSR count). The second-order valence-corrected chi connectivity index (χ2v) is 5.21. The van der Waals surface area contributed by atoms with Crippen LogP contribution < -0.4 is 10.1 Å². The Bertz CT molecular complexity index is 911. The third kappa shape index (κ3) is 3.99. The van der Waals surface area contributed by atoms with Gasteiger partial charge in [0.05, 0.1) is 12.1 Å². The summed E-state index contributed by atoms with van der Waals surface area (Å²) in [5.74, 6) is 0.311. The second kappa shape index (κ2) is 7.54. The summed E-state index contributed by atoms with van der Waals surface area (Å²) < 4.78 is 5.30. The van der Waals surface area contributed by atoms with Crippen LogP contribution in [-0.2, 0) is 0 Å². The number of carbonyl (C=O) groups excluding carboxylic acids is 1. The number of pyridine rings is 1. The van der Waals surface area contributed by atoms with Gasteiger partial charge in [-0.25, -0.2) is 4.98 Å². The molecule has 2 heterocycles. The predicted octanol–water partition coefficient (Wildman–Crippen LogP) is 4.13. The van der Waals surface area contributed by atoms with E-state index in [4.69, 9.17) is 16.3 Å². The van der Waals surface area contributed by atoms with Gasteiger partial charge in [-0.2, -0.15) is 0 Å².